The van der Waals surface area contributed by atoms with E-state index in [4.69, 9.17) is 4.74 Å². The van der Waals surface area contributed by atoms with Crippen molar-refractivity contribution in [3.8, 4) is 11.5 Å². The Bertz CT molecular complexity index is 881. The van der Waals surface area contributed by atoms with Gasteiger partial charge in [-0.15, -0.1) is 0 Å². The Morgan fingerprint density at radius 2 is 1.43 bits per heavy atom. The molecule has 0 aliphatic rings. The summed E-state index contributed by atoms with van der Waals surface area (Å²) < 4.78 is 5.78. The number of fused-ring (bicyclic) bond motifs is 1. The minimum atomic E-state index is 0.725. The molecule has 4 aromatic rings. The van der Waals surface area contributed by atoms with Crippen LogP contribution in [0, 0.1) is 0 Å². The highest BCUT2D eigenvalue weighted by atomic mass is 16.5. The Labute approximate surface area is 133 Å². The summed E-state index contributed by atoms with van der Waals surface area (Å²) in [6.07, 6.45) is 0. The van der Waals surface area contributed by atoms with Gasteiger partial charge in [-0.1, -0.05) is 30.3 Å². The molecule has 0 spiro atoms. The molecule has 4 nitrogen and oxygen atoms in total. The van der Waals surface area contributed by atoms with Crippen LogP contribution in [0.25, 0.3) is 11.0 Å². The molecule has 0 aliphatic carbocycles. The number of ether oxygens (including phenoxy) is 1. The maximum atomic E-state index is 5.78. The van der Waals surface area contributed by atoms with Crippen LogP contribution in [0.2, 0.25) is 0 Å². The van der Waals surface area contributed by atoms with Gasteiger partial charge in [-0.05, 0) is 48.5 Å². The van der Waals surface area contributed by atoms with Crippen LogP contribution < -0.4 is 10.1 Å². The summed E-state index contributed by atoms with van der Waals surface area (Å²) in [4.78, 5) is 7.75. The molecule has 3 aromatic carbocycles. The van der Waals surface area contributed by atoms with Gasteiger partial charge in [0, 0.05) is 5.69 Å². The first-order valence-electron chi connectivity index (χ1n) is 7.41. The topological polar surface area (TPSA) is 49.9 Å². The summed E-state index contributed by atoms with van der Waals surface area (Å²) in [5.41, 5.74) is 2.91. The van der Waals surface area contributed by atoms with Crippen LogP contribution in [0.3, 0.4) is 0 Å². The number of aromatic nitrogens is 2. The zero-order valence-corrected chi connectivity index (χ0v) is 12.4. The van der Waals surface area contributed by atoms with E-state index in [1.807, 2.05) is 78.9 Å². The standard InChI is InChI=1S/C19H15N3O/c1-2-6-15(7-3-1)23-16-12-10-14(11-13-16)20-19-21-17-8-4-5-9-18(17)22-19/h1-13H,(H2,20,21,22). The molecule has 112 valence electrons. The molecular formula is C19H15N3O. The number of rotatable bonds is 4. The SMILES string of the molecule is c1ccc(Oc2ccc(Nc3nc4ccccc4[nH]3)cc2)cc1. The van der Waals surface area contributed by atoms with Crippen LogP contribution in [0.5, 0.6) is 11.5 Å². The minimum absolute atomic E-state index is 0.725. The minimum Gasteiger partial charge on any atom is -0.457 e. The van der Waals surface area contributed by atoms with Gasteiger partial charge in [0.25, 0.3) is 0 Å². The maximum Gasteiger partial charge on any atom is 0.205 e. The van der Waals surface area contributed by atoms with Crippen molar-refractivity contribution in [2.45, 2.75) is 0 Å². The Hall–Kier alpha value is -3.27. The first-order chi connectivity index (χ1) is 11.4. The monoisotopic (exact) mass is 301 g/mol. The molecule has 0 fully saturated rings. The largest absolute Gasteiger partial charge is 0.457 e. The third-order valence-electron chi connectivity index (χ3n) is 3.49. The molecule has 2 N–H and O–H groups in total. The molecule has 0 amide bonds. The van der Waals surface area contributed by atoms with Gasteiger partial charge in [-0.25, -0.2) is 4.98 Å². The highest BCUT2D eigenvalue weighted by Crippen LogP contribution is 2.24. The Kier molecular flexibility index (Phi) is 3.41. The number of hydrogen-bond acceptors (Lipinski definition) is 3. The highest BCUT2D eigenvalue weighted by molar-refractivity contribution is 5.78. The number of benzene rings is 3. The fraction of sp³-hybridized carbons (Fsp3) is 0. The number of anilines is 2. The zero-order chi connectivity index (χ0) is 15.5. The van der Waals surface area contributed by atoms with E-state index >= 15 is 0 Å². The van der Waals surface area contributed by atoms with E-state index in [9.17, 15) is 0 Å². The summed E-state index contributed by atoms with van der Waals surface area (Å²) in [6.45, 7) is 0. The van der Waals surface area contributed by atoms with Gasteiger partial charge < -0.3 is 15.0 Å². The second-order valence-corrected chi connectivity index (χ2v) is 5.17. The zero-order valence-electron chi connectivity index (χ0n) is 12.4. The van der Waals surface area contributed by atoms with E-state index in [0.29, 0.717) is 0 Å². The number of nitrogens with zero attached hydrogens (tertiary/aromatic N) is 1. The van der Waals surface area contributed by atoms with Gasteiger partial charge in [0.15, 0.2) is 0 Å². The first kappa shape index (κ1) is 13.4. The summed E-state index contributed by atoms with van der Waals surface area (Å²) in [7, 11) is 0. The maximum absolute atomic E-state index is 5.78. The van der Waals surface area contributed by atoms with Crippen molar-refractivity contribution in [2.24, 2.45) is 0 Å². The van der Waals surface area contributed by atoms with E-state index in [1.165, 1.54) is 0 Å². The molecule has 4 heteroatoms. The lowest BCUT2D eigenvalue weighted by atomic mass is 10.3. The molecule has 0 aliphatic heterocycles. The third-order valence-corrected chi connectivity index (χ3v) is 3.49. The molecule has 0 saturated heterocycles. The Morgan fingerprint density at radius 3 is 2.22 bits per heavy atom. The van der Waals surface area contributed by atoms with Crippen molar-refractivity contribution in [1.29, 1.82) is 0 Å². The Balaban J connectivity index is 1.49. The molecule has 0 bridgehead atoms. The van der Waals surface area contributed by atoms with Crippen LogP contribution in [0.4, 0.5) is 11.6 Å². The summed E-state index contributed by atoms with van der Waals surface area (Å²) in [6, 6.07) is 25.5. The fourth-order valence-corrected chi connectivity index (χ4v) is 2.38. The lowest BCUT2D eigenvalue weighted by Crippen LogP contribution is -1.92. The van der Waals surface area contributed by atoms with Gasteiger partial charge in [-0.2, -0.15) is 0 Å². The van der Waals surface area contributed by atoms with Gasteiger partial charge in [-0.3, -0.25) is 0 Å². The van der Waals surface area contributed by atoms with Crippen LogP contribution >= 0.6 is 0 Å². The van der Waals surface area contributed by atoms with E-state index < -0.39 is 0 Å². The summed E-state index contributed by atoms with van der Waals surface area (Å²) in [5.74, 6) is 2.35. The van der Waals surface area contributed by atoms with Gasteiger partial charge >= 0.3 is 0 Å². The summed E-state index contributed by atoms with van der Waals surface area (Å²) >= 11 is 0. The molecular weight excluding hydrogens is 286 g/mol. The lowest BCUT2D eigenvalue weighted by molar-refractivity contribution is 0.483. The quantitative estimate of drug-likeness (QED) is 0.551. The molecule has 0 unspecified atom stereocenters. The molecule has 1 heterocycles. The van der Waals surface area contributed by atoms with Crippen molar-refractivity contribution in [2.75, 3.05) is 5.32 Å². The number of imidazole rings is 1. The molecule has 0 radical (unpaired) electrons. The lowest BCUT2D eigenvalue weighted by Gasteiger charge is -2.07. The second kappa shape index (κ2) is 5.85. The average Bonchev–Trinajstić information content (AvgIpc) is 3.00. The first-order valence-corrected chi connectivity index (χ1v) is 7.41. The van der Waals surface area contributed by atoms with Crippen molar-refractivity contribution < 1.29 is 4.74 Å². The van der Waals surface area contributed by atoms with E-state index in [0.717, 1.165) is 34.2 Å². The highest BCUT2D eigenvalue weighted by Gasteiger charge is 2.03. The number of H-pyrrole nitrogens is 1. The van der Waals surface area contributed by atoms with Crippen molar-refractivity contribution in [3.05, 3.63) is 78.9 Å². The van der Waals surface area contributed by atoms with Gasteiger partial charge in [0.1, 0.15) is 11.5 Å². The fourth-order valence-electron chi connectivity index (χ4n) is 2.38. The second-order valence-electron chi connectivity index (χ2n) is 5.17. The van der Waals surface area contributed by atoms with Crippen molar-refractivity contribution in [3.63, 3.8) is 0 Å². The van der Waals surface area contributed by atoms with Crippen LogP contribution in [0.15, 0.2) is 78.9 Å². The normalized spacial score (nSPS) is 10.6. The average molecular weight is 301 g/mol. The van der Waals surface area contributed by atoms with Crippen molar-refractivity contribution in [1.82, 2.24) is 9.97 Å². The smallest absolute Gasteiger partial charge is 0.205 e. The molecule has 1 aromatic heterocycles. The van der Waals surface area contributed by atoms with E-state index in [2.05, 4.69) is 15.3 Å². The third kappa shape index (κ3) is 3.01. The molecule has 4 rings (SSSR count). The summed E-state index contributed by atoms with van der Waals surface area (Å²) in [5, 5.41) is 3.26. The van der Waals surface area contributed by atoms with Crippen LogP contribution in [0.1, 0.15) is 0 Å². The van der Waals surface area contributed by atoms with Gasteiger partial charge in [0.05, 0.1) is 11.0 Å². The molecule has 0 saturated carbocycles. The number of para-hydroxylation sites is 3. The van der Waals surface area contributed by atoms with E-state index in [-0.39, 0.29) is 0 Å². The number of nitrogens with one attached hydrogen (secondary N) is 2. The number of aromatic amines is 1. The predicted molar refractivity (Wildman–Crippen MR) is 92.3 cm³/mol. The predicted octanol–water partition coefficient (Wildman–Crippen LogP) is 5.10. The van der Waals surface area contributed by atoms with Crippen molar-refractivity contribution >= 4 is 22.7 Å². The van der Waals surface area contributed by atoms with E-state index in [1.54, 1.807) is 0 Å². The number of hydrogen-bond donors (Lipinski definition) is 2. The van der Waals surface area contributed by atoms with Crippen LogP contribution in [-0.2, 0) is 0 Å². The van der Waals surface area contributed by atoms with Crippen LogP contribution in [-0.4, -0.2) is 9.97 Å². The molecule has 0 atom stereocenters. The Morgan fingerprint density at radius 1 is 0.739 bits per heavy atom. The molecule has 23 heavy (non-hydrogen) atoms. The van der Waals surface area contributed by atoms with Gasteiger partial charge in [0.2, 0.25) is 5.95 Å².